The number of carbonyl (C=O) groups is 1. The minimum absolute atomic E-state index is 0.0842. The Balaban J connectivity index is 1.83. The summed E-state index contributed by atoms with van der Waals surface area (Å²) in [5, 5.41) is 0. The molecule has 2 aliphatic rings. The van der Waals surface area contributed by atoms with Crippen LogP contribution in [0.5, 0.6) is 0 Å². The molecule has 0 spiro atoms. The zero-order chi connectivity index (χ0) is 17.3. The highest BCUT2D eigenvalue weighted by atomic mass is 79.9. The number of halogens is 1. The molecule has 0 aromatic heterocycles. The lowest BCUT2D eigenvalue weighted by atomic mass is 9.75. The van der Waals surface area contributed by atoms with E-state index in [1.54, 1.807) is 6.07 Å². The molecule has 2 atom stereocenters. The first-order valence-electron chi connectivity index (χ1n) is 8.45. The van der Waals surface area contributed by atoms with Gasteiger partial charge in [-0.2, -0.15) is 0 Å². The lowest BCUT2D eigenvalue weighted by Crippen LogP contribution is -2.44. The number of carbonyl (C=O) groups excluding carboxylic acids is 1. The van der Waals surface area contributed by atoms with Gasteiger partial charge >= 0.3 is 0 Å². The molecule has 1 N–H and O–H groups in total. The number of rotatable bonds is 3. The third-order valence-corrected chi connectivity index (χ3v) is 7.43. The summed E-state index contributed by atoms with van der Waals surface area (Å²) in [5.41, 5.74) is 0.417. The fraction of sp³-hybridized carbons (Fsp3) is 0.588. The maximum Gasteiger partial charge on any atom is 0.255 e. The number of piperidine rings is 1. The van der Waals surface area contributed by atoms with Crippen molar-refractivity contribution in [3.8, 4) is 0 Å². The first kappa shape index (κ1) is 17.9. The van der Waals surface area contributed by atoms with Gasteiger partial charge < -0.3 is 4.90 Å². The molecule has 2 fully saturated rings. The normalized spacial score (nSPS) is 24.5. The van der Waals surface area contributed by atoms with Crippen molar-refractivity contribution in [1.29, 1.82) is 0 Å². The molecule has 0 bridgehead atoms. The molecule has 1 aromatic rings. The van der Waals surface area contributed by atoms with Crippen LogP contribution >= 0.6 is 15.9 Å². The summed E-state index contributed by atoms with van der Waals surface area (Å²) in [4.78, 5) is 14.9. The lowest BCUT2D eigenvalue weighted by molar-refractivity contribution is 0.0520. The molecule has 0 radical (unpaired) electrons. The van der Waals surface area contributed by atoms with Crippen molar-refractivity contribution in [1.82, 2.24) is 9.62 Å². The van der Waals surface area contributed by atoms with Gasteiger partial charge in [0.25, 0.3) is 5.91 Å². The minimum atomic E-state index is -3.56. The van der Waals surface area contributed by atoms with Crippen LogP contribution in [0.4, 0.5) is 0 Å². The molecule has 1 heterocycles. The first-order valence-corrected chi connectivity index (χ1v) is 10.7. The Morgan fingerprint density at radius 1 is 1.21 bits per heavy atom. The van der Waals surface area contributed by atoms with E-state index < -0.39 is 10.0 Å². The van der Waals surface area contributed by atoms with E-state index in [-0.39, 0.29) is 10.8 Å². The monoisotopic (exact) mass is 414 g/mol. The SMILES string of the molecule is CNS(=O)(=O)c1ccc(Br)c(C(=O)N2CC[C@@H]3CCCC[C@H]3C2)c1. The Kier molecular flexibility index (Phi) is 5.32. The fourth-order valence-electron chi connectivity index (χ4n) is 3.91. The number of sulfonamides is 1. The Morgan fingerprint density at radius 3 is 2.62 bits per heavy atom. The lowest BCUT2D eigenvalue weighted by Gasteiger charge is -2.41. The van der Waals surface area contributed by atoms with E-state index in [9.17, 15) is 13.2 Å². The molecule has 5 nitrogen and oxygen atoms in total. The molecule has 0 unspecified atom stereocenters. The summed E-state index contributed by atoms with van der Waals surface area (Å²) in [7, 11) is -2.19. The van der Waals surface area contributed by atoms with E-state index >= 15 is 0 Å². The average molecular weight is 415 g/mol. The standard InChI is InChI=1S/C17H23BrN2O3S/c1-19-24(22,23)14-6-7-16(18)15(10-14)17(21)20-9-8-12-4-2-3-5-13(12)11-20/h6-7,10,12-13,19H,2-5,8-9,11H2,1H3/t12-,13-/m0/s1. The summed E-state index contributed by atoms with van der Waals surface area (Å²) in [6.07, 6.45) is 6.10. The second-order valence-electron chi connectivity index (χ2n) is 6.69. The van der Waals surface area contributed by atoms with Crippen molar-refractivity contribution >= 4 is 31.9 Å². The van der Waals surface area contributed by atoms with Gasteiger partial charge in [-0.25, -0.2) is 13.1 Å². The van der Waals surface area contributed by atoms with Gasteiger partial charge in [-0.1, -0.05) is 19.3 Å². The highest BCUT2D eigenvalue weighted by Gasteiger charge is 2.33. The maximum atomic E-state index is 12.9. The van der Waals surface area contributed by atoms with Crippen LogP contribution in [0.3, 0.4) is 0 Å². The van der Waals surface area contributed by atoms with E-state index in [2.05, 4.69) is 20.7 Å². The molecule has 1 saturated heterocycles. The number of fused-ring (bicyclic) bond motifs is 1. The number of nitrogens with zero attached hydrogens (tertiary/aromatic N) is 1. The van der Waals surface area contributed by atoms with Crippen molar-refractivity contribution < 1.29 is 13.2 Å². The van der Waals surface area contributed by atoms with E-state index in [0.29, 0.717) is 16.0 Å². The van der Waals surface area contributed by atoms with Crippen LogP contribution in [0.2, 0.25) is 0 Å². The van der Waals surface area contributed by atoms with Crippen LogP contribution in [-0.2, 0) is 10.0 Å². The summed E-state index contributed by atoms with van der Waals surface area (Å²) >= 11 is 3.39. The topological polar surface area (TPSA) is 66.5 Å². The number of nitrogens with one attached hydrogen (secondary N) is 1. The fourth-order valence-corrected chi connectivity index (χ4v) is 5.08. The summed E-state index contributed by atoms with van der Waals surface area (Å²) in [6.45, 7) is 1.55. The van der Waals surface area contributed by atoms with Gasteiger partial charge in [-0.3, -0.25) is 4.79 Å². The predicted molar refractivity (Wildman–Crippen MR) is 96.4 cm³/mol. The second-order valence-corrected chi connectivity index (χ2v) is 9.43. The van der Waals surface area contributed by atoms with Crippen LogP contribution in [-0.4, -0.2) is 39.4 Å². The molecular weight excluding hydrogens is 392 g/mol. The molecule has 1 aliphatic carbocycles. The zero-order valence-corrected chi connectivity index (χ0v) is 16.2. The van der Waals surface area contributed by atoms with Crippen LogP contribution in [0, 0.1) is 11.8 Å². The van der Waals surface area contributed by atoms with Crippen LogP contribution < -0.4 is 4.72 Å². The molecule has 3 rings (SSSR count). The van der Waals surface area contributed by atoms with E-state index in [1.165, 1.54) is 44.9 Å². The van der Waals surface area contributed by atoms with E-state index in [4.69, 9.17) is 0 Å². The van der Waals surface area contributed by atoms with Crippen LogP contribution in [0.15, 0.2) is 27.6 Å². The molecular formula is C17H23BrN2O3S. The van der Waals surface area contributed by atoms with Crippen molar-refractivity contribution in [2.75, 3.05) is 20.1 Å². The van der Waals surface area contributed by atoms with E-state index in [1.807, 2.05) is 4.90 Å². The highest BCUT2D eigenvalue weighted by Crippen LogP contribution is 2.36. The number of hydrogen-bond donors (Lipinski definition) is 1. The third-order valence-electron chi connectivity index (χ3n) is 5.33. The zero-order valence-electron chi connectivity index (χ0n) is 13.8. The van der Waals surface area contributed by atoms with Gasteiger partial charge in [0.05, 0.1) is 10.5 Å². The van der Waals surface area contributed by atoms with Crippen molar-refractivity contribution in [3.63, 3.8) is 0 Å². The van der Waals surface area contributed by atoms with Gasteiger partial charge in [-0.15, -0.1) is 0 Å². The predicted octanol–water partition coefficient (Wildman–Crippen LogP) is 3.01. The highest BCUT2D eigenvalue weighted by molar-refractivity contribution is 9.10. The number of likely N-dealkylation sites (tertiary alicyclic amines) is 1. The number of amides is 1. The van der Waals surface area contributed by atoms with Crippen molar-refractivity contribution in [2.24, 2.45) is 11.8 Å². The van der Waals surface area contributed by atoms with Gasteiger partial charge in [0.15, 0.2) is 0 Å². The Hall–Kier alpha value is -0.920. The largest absolute Gasteiger partial charge is 0.338 e. The van der Waals surface area contributed by atoms with Crippen molar-refractivity contribution in [2.45, 2.75) is 37.0 Å². The Bertz CT molecular complexity index is 735. The number of hydrogen-bond acceptors (Lipinski definition) is 3. The molecule has 1 aliphatic heterocycles. The Morgan fingerprint density at radius 2 is 1.92 bits per heavy atom. The average Bonchev–Trinajstić information content (AvgIpc) is 2.61. The molecule has 1 aromatic carbocycles. The molecule has 24 heavy (non-hydrogen) atoms. The molecule has 1 saturated carbocycles. The molecule has 1 amide bonds. The van der Waals surface area contributed by atoms with E-state index in [0.717, 1.165) is 25.4 Å². The quantitative estimate of drug-likeness (QED) is 0.826. The van der Waals surface area contributed by atoms with Gasteiger partial charge in [0.1, 0.15) is 0 Å². The van der Waals surface area contributed by atoms with Gasteiger partial charge in [-0.05, 0) is 65.9 Å². The van der Waals surface area contributed by atoms with Crippen LogP contribution in [0.25, 0.3) is 0 Å². The van der Waals surface area contributed by atoms with Gasteiger partial charge in [0.2, 0.25) is 10.0 Å². The summed E-state index contributed by atoms with van der Waals surface area (Å²) in [5.74, 6) is 1.26. The minimum Gasteiger partial charge on any atom is -0.338 e. The molecule has 7 heteroatoms. The smallest absolute Gasteiger partial charge is 0.255 e. The Labute approximate surface area is 152 Å². The van der Waals surface area contributed by atoms with Crippen molar-refractivity contribution in [3.05, 3.63) is 28.2 Å². The first-order chi connectivity index (χ1) is 11.4. The second kappa shape index (κ2) is 7.14. The van der Waals surface area contributed by atoms with Gasteiger partial charge in [0, 0.05) is 17.6 Å². The number of benzene rings is 1. The summed E-state index contributed by atoms with van der Waals surface area (Å²) < 4.78 is 26.9. The third kappa shape index (κ3) is 3.53. The maximum absolute atomic E-state index is 12.9. The van der Waals surface area contributed by atoms with Crippen LogP contribution in [0.1, 0.15) is 42.5 Å². The summed E-state index contributed by atoms with van der Waals surface area (Å²) in [6, 6.07) is 4.59. The molecule has 132 valence electrons.